The fraction of sp³-hybridized carbons (Fsp3) is 0.900. The van der Waals surface area contributed by atoms with Crippen LogP contribution in [0.1, 0.15) is 34.6 Å². The molecule has 0 saturated heterocycles. The van der Waals surface area contributed by atoms with Gasteiger partial charge in [0, 0.05) is 0 Å². The molecule has 4 atom stereocenters. The Labute approximate surface area is 83.3 Å². The second-order valence-electron chi connectivity index (χ2n) is 4.04. The summed E-state index contributed by atoms with van der Waals surface area (Å²) in [5.41, 5.74) is 0. The summed E-state index contributed by atoms with van der Waals surface area (Å²) in [6, 6.07) is 0. The van der Waals surface area contributed by atoms with Gasteiger partial charge in [-0.3, -0.25) is 0 Å². The SMILES string of the molecule is C[C-]1C(C)C(C)C(C)C1C.[Li+]. The smallest absolute Gasteiger partial charge is 0.311 e. The van der Waals surface area contributed by atoms with Crippen molar-refractivity contribution in [3.05, 3.63) is 5.92 Å². The average Bonchev–Trinajstić information content (AvgIpc) is 2.07. The van der Waals surface area contributed by atoms with E-state index in [-0.39, 0.29) is 18.9 Å². The summed E-state index contributed by atoms with van der Waals surface area (Å²) in [7, 11) is 0. The van der Waals surface area contributed by atoms with Gasteiger partial charge in [-0.15, -0.1) is 0 Å². The average molecular weight is 146 g/mol. The molecular formula is C10H19Li. The van der Waals surface area contributed by atoms with Gasteiger partial charge in [-0.05, 0) is 0 Å². The molecule has 1 aliphatic rings. The van der Waals surface area contributed by atoms with Gasteiger partial charge in [0.05, 0.1) is 0 Å². The molecule has 1 rings (SSSR count). The zero-order valence-corrected chi connectivity index (χ0v) is 8.81. The van der Waals surface area contributed by atoms with Crippen LogP contribution in [0.25, 0.3) is 0 Å². The third-order valence-corrected chi connectivity index (χ3v) is 3.84. The van der Waals surface area contributed by atoms with Gasteiger partial charge >= 0.3 is 18.9 Å². The quantitative estimate of drug-likeness (QED) is 0.337. The van der Waals surface area contributed by atoms with E-state index in [2.05, 4.69) is 34.6 Å². The third kappa shape index (κ3) is 1.85. The van der Waals surface area contributed by atoms with Crippen molar-refractivity contribution in [2.45, 2.75) is 34.6 Å². The maximum Gasteiger partial charge on any atom is 1.00 e. The number of hydrogen-bond acceptors (Lipinski definition) is 0. The summed E-state index contributed by atoms with van der Waals surface area (Å²) in [6.45, 7) is 11.8. The van der Waals surface area contributed by atoms with Gasteiger partial charge in [-0.25, -0.2) is 0 Å². The molecule has 1 aliphatic carbocycles. The zero-order chi connectivity index (χ0) is 7.89. The first-order chi connectivity index (χ1) is 4.55. The largest absolute Gasteiger partial charge is 1.00 e. The monoisotopic (exact) mass is 146 g/mol. The first kappa shape index (κ1) is 11.6. The standard InChI is InChI=1S/C10H19.Li/c1-6-7(2)9(4)10(5)8(6)3;/h6-9H,1-5H3;/q-1;+1. The van der Waals surface area contributed by atoms with Crippen molar-refractivity contribution in [2.24, 2.45) is 23.7 Å². The van der Waals surface area contributed by atoms with Crippen molar-refractivity contribution < 1.29 is 18.9 Å². The Hall–Kier alpha value is 0.597. The predicted octanol–water partition coefficient (Wildman–Crippen LogP) is 0.143. The van der Waals surface area contributed by atoms with Crippen LogP contribution >= 0.6 is 0 Å². The van der Waals surface area contributed by atoms with Gasteiger partial charge in [0.15, 0.2) is 0 Å². The van der Waals surface area contributed by atoms with Gasteiger partial charge < -0.3 is 5.92 Å². The van der Waals surface area contributed by atoms with E-state index in [0.29, 0.717) is 0 Å². The topological polar surface area (TPSA) is 0 Å². The molecule has 1 heteroatoms. The van der Waals surface area contributed by atoms with Gasteiger partial charge in [0.2, 0.25) is 0 Å². The Morgan fingerprint density at radius 1 is 0.818 bits per heavy atom. The van der Waals surface area contributed by atoms with Crippen LogP contribution in [-0.2, 0) is 0 Å². The minimum Gasteiger partial charge on any atom is -0.311 e. The Balaban J connectivity index is 0.000001000. The molecule has 0 radical (unpaired) electrons. The molecule has 0 N–H and O–H groups in total. The van der Waals surface area contributed by atoms with E-state index in [1.807, 2.05) is 0 Å². The molecular weight excluding hydrogens is 127 g/mol. The molecule has 60 valence electrons. The van der Waals surface area contributed by atoms with E-state index >= 15 is 0 Å². The normalized spacial score (nSPS) is 45.5. The van der Waals surface area contributed by atoms with Crippen LogP contribution in [0.5, 0.6) is 0 Å². The minimum absolute atomic E-state index is 0. The van der Waals surface area contributed by atoms with E-state index in [9.17, 15) is 0 Å². The van der Waals surface area contributed by atoms with E-state index in [4.69, 9.17) is 0 Å². The molecule has 0 aromatic heterocycles. The van der Waals surface area contributed by atoms with Crippen LogP contribution in [0.3, 0.4) is 0 Å². The van der Waals surface area contributed by atoms with E-state index in [0.717, 1.165) is 23.7 Å². The number of hydrogen-bond donors (Lipinski definition) is 0. The molecule has 0 aliphatic heterocycles. The minimum atomic E-state index is 0. The Morgan fingerprint density at radius 3 is 1.18 bits per heavy atom. The van der Waals surface area contributed by atoms with Crippen LogP contribution in [0.4, 0.5) is 0 Å². The maximum atomic E-state index is 2.38. The molecule has 1 fully saturated rings. The Morgan fingerprint density at radius 2 is 1.09 bits per heavy atom. The summed E-state index contributed by atoms with van der Waals surface area (Å²) in [5.74, 6) is 5.21. The van der Waals surface area contributed by atoms with Crippen LogP contribution in [0, 0.1) is 29.6 Å². The van der Waals surface area contributed by atoms with Crippen LogP contribution in [0.2, 0.25) is 0 Å². The van der Waals surface area contributed by atoms with Crippen LogP contribution < -0.4 is 18.9 Å². The van der Waals surface area contributed by atoms with Crippen LogP contribution in [-0.4, -0.2) is 0 Å². The first-order valence-electron chi connectivity index (χ1n) is 4.39. The van der Waals surface area contributed by atoms with Crippen molar-refractivity contribution in [1.82, 2.24) is 0 Å². The second kappa shape index (κ2) is 4.01. The van der Waals surface area contributed by atoms with Gasteiger partial charge in [-0.1, -0.05) is 39.5 Å². The fourth-order valence-electron chi connectivity index (χ4n) is 2.15. The molecule has 0 nitrogen and oxygen atoms in total. The van der Waals surface area contributed by atoms with Crippen molar-refractivity contribution >= 4 is 0 Å². The van der Waals surface area contributed by atoms with Gasteiger partial charge in [0.25, 0.3) is 0 Å². The first-order valence-corrected chi connectivity index (χ1v) is 4.39. The molecule has 0 bridgehead atoms. The molecule has 0 heterocycles. The van der Waals surface area contributed by atoms with Gasteiger partial charge in [0.1, 0.15) is 0 Å². The van der Waals surface area contributed by atoms with Crippen molar-refractivity contribution in [3.8, 4) is 0 Å². The van der Waals surface area contributed by atoms with Gasteiger partial charge in [-0.2, -0.15) is 18.8 Å². The summed E-state index contributed by atoms with van der Waals surface area (Å²) in [5, 5.41) is 0. The van der Waals surface area contributed by atoms with Crippen LogP contribution in [0.15, 0.2) is 0 Å². The second-order valence-corrected chi connectivity index (χ2v) is 4.04. The molecule has 0 spiro atoms. The van der Waals surface area contributed by atoms with E-state index < -0.39 is 0 Å². The van der Waals surface area contributed by atoms with Crippen molar-refractivity contribution in [3.63, 3.8) is 0 Å². The molecule has 11 heavy (non-hydrogen) atoms. The molecule has 1 saturated carbocycles. The summed E-state index contributed by atoms with van der Waals surface area (Å²) in [4.78, 5) is 0. The zero-order valence-electron chi connectivity index (χ0n) is 8.81. The Kier molecular flexibility index (Phi) is 4.23. The predicted molar refractivity (Wildman–Crippen MR) is 45.6 cm³/mol. The molecule has 0 aromatic rings. The van der Waals surface area contributed by atoms with E-state index in [1.165, 1.54) is 0 Å². The van der Waals surface area contributed by atoms with E-state index in [1.54, 1.807) is 5.92 Å². The maximum absolute atomic E-state index is 2.38. The fourth-order valence-corrected chi connectivity index (χ4v) is 2.15. The molecule has 4 unspecified atom stereocenters. The summed E-state index contributed by atoms with van der Waals surface area (Å²) in [6.07, 6.45) is 0. The Bertz CT molecular complexity index is 77.2. The van der Waals surface area contributed by atoms with Crippen molar-refractivity contribution in [2.75, 3.05) is 0 Å². The third-order valence-electron chi connectivity index (χ3n) is 3.84. The summed E-state index contributed by atoms with van der Waals surface area (Å²) < 4.78 is 0. The summed E-state index contributed by atoms with van der Waals surface area (Å²) >= 11 is 0. The van der Waals surface area contributed by atoms with Crippen molar-refractivity contribution in [1.29, 1.82) is 0 Å². The molecule has 0 amide bonds. The molecule has 0 aromatic carbocycles. The number of rotatable bonds is 0.